The van der Waals surface area contributed by atoms with Crippen molar-refractivity contribution in [1.29, 1.82) is 0 Å². The van der Waals surface area contributed by atoms with Crippen LogP contribution in [-0.2, 0) is 9.59 Å². The van der Waals surface area contributed by atoms with E-state index in [0.29, 0.717) is 11.5 Å². The van der Waals surface area contributed by atoms with Crippen molar-refractivity contribution >= 4 is 23.7 Å². The van der Waals surface area contributed by atoms with Gasteiger partial charge in [-0.2, -0.15) is 11.8 Å². The van der Waals surface area contributed by atoms with Crippen LogP contribution in [0.3, 0.4) is 0 Å². The van der Waals surface area contributed by atoms with Gasteiger partial charge in [0, 0.05) is 11.5 Å². The van der Waals surface area contributed by atoms with Crippen molar-refractivity contribution in [1.82, 2.24) is 0 Å². The van der Waals surface area contributed by atoms with Gasteiger partial charge in [-0.05, 0) is 0 Å². The van der Waals surface area contributed by atoms with E-state index in [0.717, 1.165) is 0 Å². The lowest BCUT2D eigenvalue weighted by Crippen LogP contribution is -2.28. The van der Waals surface area contributed by atoms with Crippen LogP contribution in [0.5, 0.6) is 0 Å². The molecule has 0 radical (unpaired) electrons. The Morgan fingerprint density at radius 1 is 1.09 bits per heavy atom. The number of carboxylic acids is 2. The maximum atomic E-state index is 10.4. The van der Waals surface area contributed by atoms with Gasteiger partial charge in [0.15, 0.2) is 0 Å². The summed E-state index contributed by atoms with van der Waals surface area (Å²) >= 11 is 1.39. The molecule has 0 bridgehead atoms. The van der Waals surface area contributed by atoms with E-state index in [9.17, 15) is 9.59 Å². The second-order valence-corrected chi connectivity index (χ2v) is 3.50. The van der Waals surface area contributed by atoms with E-state index >= 15 is 0 Å². The second kappa shape index (κ2) is 3.13. The van der Waals surface area contributed by atoms with Crippen molar-refractivity contribution in [2.45, 2.75) is 0 Å². The van der Waals surface area contributed by atoms with E-state index < -0.39 is 23.8 Å². The van der Waals surface area contributed by atoms with Gasteiger partial charge in [0.25, 0.3) is 0 Å². The van der Waals surface area contributed by atoms with Crippen molar-refractivity contribution in [2.75, 3.05) is 11.5 Å². The summed E-state index contributed by atoms with van der Waals surface area (Å²) in [5, 5.41) is 17.1. The highest BCUT2D eigenvalue weighted by Crippen LogP contribution is 2.29. The standard InChI is InChI=1S/C6H8O4S/c7-5(8)3-1-11-2-4(3)6(9)10/h3-4H,1-2H2,(H,7,8)(H,9,10)/t3-,4+. The molecule has 2 N–H and O–H groups in total. The Bertz CT molecular complexity index is 171. The molecule has 0 unspecified atom stereocenters. The molecule has 0 saturated carbocycles. The molecule has 0 amide bonds. The van der Waals surface area contributed by atoms with Crippen LogP contribution < -0.4 is 0 Å². The van der Waals surface area contributed by atoms with Gasteiger partial charge in [0.2, 0.25) is 0 Å². The molecule has 1 fully saturated rings. The van der Waals surface area contributed by atoms with E-state index in [4.69, 9.17) is 10.2 Å². The second-order valence-electron chi connectivity index (χ2n) is 2.43. The topological polar surface area (TPSA) is 74.6 Å². The van der Waals surface area contributed by atoms with Gasteiger partial charge < -0.3 is 10.2 Å². The molecular weight excluding hydrogens is 168 g/mol. The average molecular weight is 176 g/mol. The van der Waals surface area contributed by atoms with Crippen LogP contribution in [-0.4, -0.2) is 33.7 Å². The van der Waals surface area contributed by atoms with Gasteiger partial charge in [-0.3, -0.25) is 9.59 Å². The van der Waals surface area contributed by atoms with Crippen molar-refractivity contribution in [3.8, 4) is 0 Å². The van der Waals surface area contributed by atoms with Crippen molar-refractivity contribution < 1.29 is 19.8 Å². The number of carbonyl (C=O) groups is 2. The fraction of sp³-hybridized carbons (Fsp3) is 0.667. The summed E-state index contributed by atoms with van der Waals surface area (Å²) in [4.78, 5) is 20.9. The third kappa shape index (κ3) is 1.65. The quantitative estimate of drug-likeness (QED) is 0.625. The summed E-state index contributed by atoms with van der Waals surface area (Å²) in [5.74, 6) is -2.54. The summed E-state index contributed by atoms with van der Waals surface area (Å²) in [6.45, 7) is 0. The monoisotopic (exact) mass is 176 g/mol. The SMILES string of the molecule is O=C(O)[C@H]1CSC[C@H]1C(=O)O. The molecule has 1 aliphatic rings. The molecule has 0 spiro atoms. The molecular formula is C6H8O4S. The molecule has 0 aliphatic carbocycles. The van der Waals surface area contributed by atoms with Crippen LogP contribution >= 0.6 is 11.8 Å². The van der Waals surface area contributed by atoms with E-state index in [2.05, 4.69) is 0 Å². The van der Waals surface area contributed by atoms with Gasteiger partial charge in [-0.25, -0.2) is 0 Å². The first-order valence-corrected chi connectivity index (χ1v) is 4.31. The largest absolute Gasteiger partial charge is 0.481 e. The zero-order valence-corrected chi connectivity index (χ0v) is 6.50. The predicted molar refractivity (Wildman–Crippen MR) is 39.6 cm³/mol. The minimum Gasteiger partial charge on any atom is -0.481 e. The van der Waals surface area contributed by atoms with E-state index in [-0.39, 0.29) is 0 Å². The minimum atomic E-state index is -0.998. The molecule has 0 aromatic rings. The summed E-state index contributed by atoms with van der Waals surface area (Å²) in [6, 6.07) is 0. The summed E-state index contributed by atoms with van der Waals surface area (Å²) in [6.07, 6.45) is 0. The molecule has 11 heavy (non-hydrogen) atoms. The fourth-order valence-corrected chi connectivity index (χ4v) is 2.43. The van der Waals surface area contributed by atoms with Crippen LogP contribution in [0.2, 0.25) is 0 Å². The highest BCUT2D eigenvalue weighted by Gasteiger charge is 2.38. The molecule has 1 heterocycles. The van der Waals surface area contributed by atoms with Crippen LogP contribution in [0.1, 0.15) is 0 Å². The van der Waals surface area contributed by atoms with Gasteiger partial charge in [0.05, 0.1) is 11.8 Å². The highest BCUT2D eigenvalue weighted by molar-refractivity contribution is 7.99. The number of hydrogen-bond acceptors (Lipinski definition) is 3. The van der Waals surface area contributed by atoms with E-state index in [1.807, 2.05) is 0 Å². The number of thioether (sulfide) groups is 1. The maximum Gasteiger partial charge on any atom is 0.308 e. The van der Waals surface area contributed by atoms with Gasteiger partial charge in [0.1, 0.15) is 0 Å². The average Bonchev–Trinajstić information content (AvgIpc) is 2.32. The molecule has 1 aliphatic heterocycles. The first-order chi connectivity index (χ1) is 5.13. The summed E-state index contributed by atoms with van der Waals surface area (Å²) < 4.78 is 0. The third-order valence-electron chi connectivity index (χ3n) is 1.71. The molecule has 62 valence electrons. The zero-order chi connectivity index (χ0) is 8.43. The molecule has 0 aromatic carbocycles. The first-order valence-electron chi connectivity index (χ1n) is 3.16. The predicted octanol–water partition coefficient (Wildman–Crippen LogP) is 0.135. The Labute approximate surface area is 67.6 Å². The Balaban J connectivity index is 2.65. The lowest BCUT2D eigenvalue weighted by Gasteiger charge is -2.07. The van der Waals surface area contributed by atoms with Gasteiger partial charge in [-0.15, -0.1) is 0 Å². The highest BCUT2D eigenvalue weighted by atomic mass is 32.2. The number of rotatable bonds is 2. The van der Waals surface area contributed by atoms with E-state index in [1.165, 1.54) is 11.8 Å². The van der Waals surface area contributed by atoms with Crippen molar-refractivity contribution in [3.05, 3.63) is 0 Å². The Hall–Kier alpha value is -0.710. The maximum absolute atomic E-state index is 10.4. The molecule has 1 saturated heterocycles. The molecule has 4 nitrogen and oxygen atoms in total. The fourth-order valence-electron chi connectivity index (χ4n) is 1.04. The first kappa shape index (κ1) is 8.39. The Morgan fingerprint density at radius 2 is 1.45 bits per heavy atom. The van der Waals surface area contributed by atoms with Crippen molar-refractivity contribution in [2.24, 2.45) is 11.8 Å². The minimum absolute atomic E-state index is 0.423. The molecule has 1 rings (SSSR count). The van der Waals surface area contributed by atoms with Crippen molar-refractivity contribution in [3.63, 3.8) is 0 Å². The number of hydrogen-bond donors (Lipinski definition) is 2. The van der Waals surface area contributed by atoms with Gasteiger partial charge >= 0.3 is 11.9 Å². The third-order valence-corrected chi connectivity index (χ3v) is 2.90. The van der Waals surface area contributed by atoms with Crippen LogP contribution in [0.4, 0.5) is 0 Å². The Kier molecular flexibility index (Phi) is 2.38. The van der Waals surface area contributed by atoms with E-state index in [1.54, 1.807) is 0 Å². The lowest BCUT2D eigenvalue weighted by atomic mass is 9.97. The normalized spacial score (nSPS) is 30.2. The molecule has 0 aromatic heterocycles. The van der Waals surface area contributed by atoms with Crippen LogP contribution in [0.15, 0.2) is 0 Å². The zero-order valence-electron chi connectivity index (χ0n) is 5.69. The number of aliphatic carboxylic acids is 2. The molecule has 5 heteroatoms. The van der Waals surface area contributed by atoms with Crippen LogP contribution in [0.25, 0.3) is 0 Å². The smallest absolute Gasteiger partial charge is 0.308 e. The Morgan fingerprint density at radius 3 is 1.73 bits per heavy atom. The lowest BCUT2D eigenvalue weighted by molar-refractivity contribution is -0.151. The summed E-state index contributed by atoms with van der Waals surface area (Å²) in [5.41, 5.74) is 0. The molecule has 2 atom stereocenters. The number of carboxylic acid groups (broad SMARTS) is 2. The van der Waals surface area contributed by atoms with Crippen LogP contribution in [0, 0.1) is 11.8 Å². The van der Waals surface area contributed by atoms with Gasteiger partial charge in [-0.1, -0.05) is 0 Å². The summed E-state index contributed by atoms with van der Waals surface area (Å²) in [7, 11) is 0.